The van der Waals surface area contributed by atoms with Crippen LogP contribution in [-0.2, 0) is 0 Å². The van der Waals surface area contributed by atoms with Crippen molar-refractivity contribution >= 4 is 11.7 Å². The Hall–Kier alpha value is -2.43. The zero-order valence-corrected chi connectivity index (χ0v) is 13.8. The molecule has 3 rings (SSSR count). The van der Waals surface area contributed by atoms with Crippen molar-refractivity contribution in [2.45, 2.75) is 32.7 Å². The Bertz CT molecular complexity index is 727. The summed E-state index contributed by atoms with van der Waals surface area (Å²) in [7, 11) is 0. The Balaban J connectivity index is 2.12. The number of hydrogen-bond donors (Lipinski definition) is 1. The van der Waals surface area contributed by atoms with Gasteiger partial charge in [-0.3, -0.25) is 9.78 Å². The number of amides is 1. The lowest BCUT2D eigenvalue weighted by Gasteiger charge is -2.33. The quantitative estimate of drug-likeness (QED) is 0.946. The number of aromatic nitrogens is 2. The second kappa shape index (κ2) is 5.65. The molecule has 1 aliphatic heterocycles. The summed E-state index contributed by atoms with van der Waals surface area (Å²) < 4.78 is 0. The second-order valence-electron chi connectivity index (χ2n) is 6.91. The Kier molecular flexibility index (Phi) is 3.80. The van der Waals surface area contributed by atoms with Crippen molar-refractivity contribution in [3.05, 3.63) is 42.2 Å². The number of nitrogens with zero attached hydrogens (tertiary/aromatic N) is 3. The van der Waals surface area contributed by atoms with Crippen molar-refractivity contribution in [2.75, 3.05) is 11.4 Å². The first-order valence-electron chi connectivity index (χ1n) is 7.87. The first-order chi connectivity index (χ1) is 10.9. The van der Waals surface area contributed by atoms with E-state index in [-0.39, 0.29) is 5.54 Å². The summed E-state index contributed by atoms with van der Waals surface area (Å²) in [4.78, 5) is 23.0. The summed E-state index contributed by atoms with van der Waals surface area (Å²) in [5.41, 5.74) is 7.72. The third-order valence-corrected chi connectivity index (χ3v) is 4.43. The van der Waals surface area contributed by atoms with Crippen LogP contribution in [0.3, 0.4) is 0 Å². The van der Waals surface area contributed by atoms with Crippen LogP contribution in [0.2, 0.25) is 0 Å². The van der Waals surface area contributed by atoms with Crippen LogP contribution in [0.4, 0.5) is 5.82 Å². The maximum atomic E-state index is 11.9. The van der Waals surface area contributed by atoms with Crippen LogP contribution in [-0.4, -0.2) is 28.0 Å². The molecule has 0 saturated carbocycles. The molecule has 1 aliphatic rings. The summed E-state index contributed by atoms with van der Waals surface area (Å²) in [6.45, 7) is 7.45. The van der Waals surface area contributed by atoms with Gasteiger partial charge in [0.1, 0.15) is 5.82 Å². The number of hydrogen-bond acceptors (Lipinski definition) is 4. The standard InChI is InChI=1S/C18H22N4O/c1-12-9-18(2,3)22(11-12)17-14(16(19)23)6-7-15(21-17)13-5-4-8-20-10-13/h4-8,10,12H,9,11H2,1-3H3,(H2,19,23)/t12-/m0/s1. The van der Waals surface area contributed by atoms with E-state index in [0.29, 0.717) is 17.3 Å². The number of nitrogens with two attached hydrogens (primary N) is 1. The van der Waals surface area contributed by atoms with Crippen LogP contribution >= 0.6 is 0 Å². The fourth-order valence-corrected chi connectivity index (χ4v) is 3.48. The Morgan fingerprint density at radius 1 is 1.35 bits per heavy atom. The molecule has 5 nitrogen and oxygen atoms in total. The number of carbonyl (C=O) groups is 1. The maximum Gasteiger partial charge on any atom is 0.252 e. The largest absolute Gasteiger partial charge is 0.365 e. The van der Waals surface area contributed by atoms with Gasteiger partial charge in [0.2, 0.25) is 0 Å². The van der Waals surface area contributed by atoms with Gasteiger partial charge in [0.25, 0.3) is 5.91 Å². The van der Waals surface area contributed by atoms with Crippen LogP contribution in [0, 0.1) is 5.92 Å². The number of pyridine rings is 2. The molecular formula is C18H22N4O. The minimum absolute atomic E-state index is 0.0514. The molecule has 5 heteroatoms. The van der Waals surface area contributed by atoms with Gasteiger partial charge in [0, 0.05) is 30.0 Å². The predicted molar refractivity (Wildman–Crippen MR) is 91.2 cm³/mol. The van der Waals surface area contributed by atoms with Crippen molar-refractivity contribution in [3.63, 3.8) is 0 Å². The SMILES string of the molecule is C[C@@H]1CN(c2nc(-c3cccnc3)ccc2C(N)=O)C(C)(C)C1. The molecule has 3 heterocycles. The van der Waals surface area contributed by atoms with Gasteiger partial charge in [-0.25, -0.2) is 4.98 Å². The van der Waals surface area contributed by atoms with Gasteiger partial charge in [-0.1, -0.05) is 6.92 Å². The third kappa shape index (κ3) is 2.91. The smallest absolute Gasteiger partial charge is 0.252 e. The molecule has 2 aromatic heterocycles. The molecular weight excluding hydrogens is 288 g/mol. The van der Waals surface area contributed by atoms with Crippen LogP contribution in [0.1, 0.15) is 37.6 Å². The molecule has 2 aromatic rings. The Morgan fingerprint density at radius 3 is 2.70 bits per heavy atom. The molecule has 120 valence electrons. The lowest BCUT2D eigenvalue weighted by molar-refractivity contribution is 0.100. The van der Waals surface area contributed by atoms with E-state index in [1.54, 1.807) is 18.5 Å². The van der Waals surface area contributed by atoms with E-state index < -0.39 is 5.91 Å². The van der Waals surface area contributed by atoms with Crippen molar-refractivity contribution in [3.8, 4) is 11.3 Å². The number of carbonyl (C=O) groups excluding carboxylic acids is 1. The van der Waals surface area contributed by atoms with Crippen LogP contribution < -0.4 is 10.6 Å². The zero-order valence-electron chi connectivity index (χ0n) is 13.8. The highest BCUT2D eigenvalue weighted by molar-refractivity contribution is 5.98. The van der Waals surface area contributed by atoms with Crippen LogP contribution in [0.5, 0.6) is 0 Å². The van der Waals surface area contributed by atoms with E-state index in [1.165, 1.54) is 0 Å². The molecule has 0 bridgehead atoms. The summed E-state index contributed by atoms with van der Waals surface area (Å²) in [6.07, 6.45) is 4.56. The topological polar surface area (TPSA) is 72.1 Å². The highest BCUT2D eigenvalue weighted by Gasteiger charge is 2.38. The van der Waals surface area contributed by atoms with E-state index in [2.05, 4.69) is 30.7 Å². The highest BCUT2D eigenvalue weighted by atomic mass is 16.1. The fraction of sp³-hybridized carbons (Fsp3) is 0.389. The normalized spacial score (nSPS) is 19.8. The first-order valence-corrected chi connectivity index (χ1v) is 7.87. The predicted octanol–water partition coefficient (Wildman–Crippen LogP) is 2.87. The Morgan fingerprint density at radius 2 is 2.13 bits per heavy atom. The van der Waals surface area contributed by atoms with Crippen molar-refractivity contribution in [1.82, 2.24) is 9.97 Å². The first kappa shape index (κ1) is 15.5. The number of primary amides is 1. The zero-order chi connectivity index (χ0) is 16.6. The van der Waals surface area contributed by atoms with E-state index >= 15 is 0 Å². The Labute approximate surface area is 136 Å². The highest BCUT2D eigenvalue weighted by Crippen LogP contribution is 2.38. The van der Waals surface area contributed by atoms with Crippen molar-refractivity contribution in [2.24, 2.45) is 11.7 Å². The van der Waals surface area contributed by atoms with E-state index in [4.69, 9.17) is 10.7 Å². The van der Waals surface area contributed by atoms with Gasteiger partial charge in [-0.2, -0.15) is 0 Å². The average molecular weight is 310 g/mol. The summed E-state index contributed by atoms with van der Waals surface area (Å²) in [5, 5.41) is 0. The molecule has 0 aliphatic carbocycles. The fourth-order valence-electron chi connectivity index (χ4n) is 3.48. The van der Waals surface area contributed by atoms with Crippen molar-refractivity contribution in [1.29, 1.82) is 0 Å². The molecule has 0 aromatic carbocycles. The van der Waals surface area contributed by atoms with Crippen molar-refractivity contribution < 1.29 is 4.79 Å². The van der Waals surface area contributed by atoms with Gasteiger partial charge in [-0.05, 0) is 50.5 Å². The van der Waals surface area contributed by atoms with Gasteiger partial charge >= 0.3 is 0 Å². The van der Waals surface area contributed by atoms with E-state index in [1.807, 2.05) is 18.2 Å². The third-order valence-electron chi connectivity index (χ3n) is 4.43. The average Bonchev–Trinajstić information content (AvgIpc) is 2.80. The second-order valence-corrected chi connectivity index (χ2v) is 6.91. The lowest BCUT2D eigenvalue weighted by Crippen LogP contribution is -2.40. The van der Waals surface area contributed by atoms with Crippen LogP contribution in [0.25, 0.3) is 11.3 Å². The molecule has 1 saturated heterocycles. The molecule has 0 radical (unpaired) electrons. The molecule has 2 N–H and O–H groups in total. The van der Waals surface area contributed by atoms with Gasteiger partial charge in [0.05, 0.1) is 11.3 Å². The molecule has 1 atom stereocenters. The summed E-state index contributed by atoms with van der Waals surface area (Å²) >= 11 is 0. The molecule has 23 heavy (non-hydrogen) atoms. The van der Waals surface area contributed by atoms with Gasteiger partial charge in [0.15, 0.2) is 0 Å². The summed E-state index contributed by atoms with van der Waals surface area (Å²) in [5.74, 6) is 0.781. The summed E-state index contributed by atoms with van der Waals surface area (Å²) in [6, 6.07) is 7.43. The monoisotopic (exact) mass is 310 g/mol. The number of rotatable bonds is 3. The van der Waals surface area contributed by atoms with E-state index in [9.17, 15) is 4.79 Å². The molecule has 0 spiro atoms. The lowest BCUT2D eigenvalue weighted by atomic mass is 9.97. The molecule has 1 fully saturated rings. The minimum Gasteiger partial charge on any atom is -0.365 e. The molecule has 0 unspecified atom stereocenters. The minimum atomic E-state index is -0.444. The number of anilines is 1. The van der Waals surface area contributed by atoms with Gasteiger partial charge in [-0.15, -0.1) is 0 Å². The van der Waals surface area contributed by atoms with Gasteiger partial charge < -0.3 is 10.6 Å². The molecule has 1 amide bonds. The van der Waals surface area contributed by atoms with E-state index in [0.717, 1.165) is 24.2 Å². The maximum absolute atomic E-state index is 11.9. The van der Waals surface area contributed by atoms with Crippen LogP contribution in [0.15, 0.2) is 36.7 Å².